The van der Waals surface area contributed by atoms with Crippen LogP contribution in [-0.2, 0) is 15.5 Å². The van der Waals surface area contributed by atoms with Gasteiger partial charge in [0.1, 0.15) is 0 Å². The van der Waals surface area contributed by atoms with E-state index in [1.165, 1.54) is 12.1 Å². The average Bonchev–Trinajstić information content (AvgIpc) is 2.88. The smallest absolute Gasteiger partial charge is 0.294 e. The Morgan fingerprint density at radius 2 is 1.75 bits per heavy atom. The average molecular weight is 398 g/mol. The van der Waals surface area contributed by atoms with E-state index in [9.17, 15) is 13.0 Å². The summed E-state index contributed by atoms with van der Waals surface area (Å²) in [7, 11) is -0.203. The van der Waals surface area contributed by atoms with Crippen molar-refractivity contribution in [3.63, 3.8) is 0 Å². The van der Waals surface area contributed by atoms with Gasteiger partial charge >= 0.3 is 0 Å². The van der Waals surface area contributed by atoms with Gasteiger partial charge in [-0.25, -0.2) is 0 Å². The first-order valence-corrected chi connectivity index (χ1v) is 10.5. The first-order valence-electron chi connectivity index (χ1n) is 9.04. The summed E-state index contributed by atoms with van der Waals surface area (Å²) in [6, 6.07) is 12.7. The van der Waals surface area contributed by atoms with Gasteiger partial charge in [-0.15, -0.1) is 0 Å². The van der Waals surface area contributed by atoms with E-state index in [-0.39, 0.29) is 16.4 Å². The quantitative estimate of drug-likeness (QED) is 0.607. The molecule has 6 heteroatoms. The fourth-order valence-corrected chi connectivity index (χ4v) is 3.78. The number of rotatable bonds is 5. The van der Waals surface area contributed by atoms with Gasteiger partial charge in [0.2, 0.25) is 0 Å². The molecule has 1 N–H and O–H groups in total. The number of allylic oxidation sites excluding steroid dienone is 2. The summed E-state index contributed by atoms with van der Waals surface area (Å²) in [6.45, 7) is 4.05. The molecule has 0 fully saturated rings. The topological polar surface area (TPSA) is 71.7 Å². The molecular formula is C22H25N2O3S. The maximum absolute atomic E-state index is 11.4. The summed E-state index contributed by atoms with van der Waals surface area (Å²) in [5, 5.41) is 4.70. The third kappa shape index (κ3) is 4.13. The van der Waals surface area contributed by atoms with Crippen molar-refractivity contribution in [3.05, 3.63) is 71.8 Å². The molecule has 147 valence electrons. The van der Waals surface area contributed by atoms with Crippen LogP contribution in [0.15, 0.2) is 65.6 Å². The second kappa shape index (κ2) is 7.45. The largest absolute Gasteiger partial charge is 0.378 e. The van der Waals surface area contributed by atoms with Gasteiger partial charge in [0.25, 0.3) is 10.1 Å². The molecule has 0 aromatic heterocycles. The van der Waals surface area contributed by atoms with Crippen LogP contribution in [0.2, 0.25) is 0 Å². The summed E-state index contributed by atoms with van der Waals surface area (Å²) in [6.07, 6.45) is 7.98. The second-order valence-electron chi connectivity index (χ2n) is 7.68. The molecule has 0 bridgehead atoms. The van der Waals surface area contributed by atoms with E-state index in [1.54, 1.807) is 6.07 Å². The van der Waals surface area contributed by atoms with Crippen molar-refractivity contribution in [1.82, 2.24) is 5.32 Å². The Kier molecular flexibility index (Phi) is 5.37. The minimum absolute atomic E-state index is 0.0970. The summed E-state index contributed by atoms with van der Waals surface area (Å²) in [5.41, 5.74) is 3.48. The van der Waals surface area contributed by atoms with Crippen LogP contribution >= 0.6 is 0 Å². The molecule has 1 unspecified atom stereocenters. The third-order valence-electron chi connectivity index (χ3n) is 5.08. The summed E-state index contributed by atoms with van der Waals surface area (Å²) >= 11 is 0. The van der Waals surface area contributed by atoms with Gasteiger partial charge in [-0.2, -0.15) is 8.42 Å². The van der Waals surface area contributed by atoms with Gasteiger partial charge in [0.15, 0.2) is 0 Å². The lowest BCUT2D eigenvalue weighted by Crippen LogP contribution is -2.30. The molecule has 0 amide bonds. The first kappa shape index (κ1) is 20.2. The van der Waals surface area contributed by atoms with Crippen LogP contribution in [0.1, 0.15) is 25.0 Å². The fourth-order valence-electron chi connectivity index (χ4n) is 3.28. The molecule has 0 saturated carbocycles. The van der Waals surface area contributed by atoms with Crippen molar-refractivity contribution in [2.24, 2.45) is 0 Å². The second-order valence-corrected chi connectivity index (χ2v) is 9.10. The minimum Gasteiger partial charge on any atom is -0.378 e. The van der Waals surface area contributed by atoms with Crippen molar-refractivity contribution in [1.29, 1.82) is 0 Å². The van der Waals surface area contributed by atoms with Crippen molar-refractivity contribution in [3.8, 4) is 0 Å². The third-order valence-corrected chi connectivity index (χ3v) is 5.93. The lowest BCUT2D eigenvalue weighted by Gasteiger charge is -2.24. The Balaban J connectivity index is 1.74. The molecule has 0 spiro atoms. The molecule has 3 rings (SSSR count). The maximum atomic E-state index is 11.4. The lowest BCUT2D eigenvalue weighted by molar-refractivity contribution is 0.465. The minimum atomic E-state index is -4.23. The van der Waals surface area contributed by atoms with Crippen molar-refractivity contribution >= 4 is 27.6 Å². The molecule has 1 heterocycles. The highest BCUT2D eigenvalue weighted by molar-refractivity contribution is 7.85. The maximum Gasteiger partial charge on any atom is 0.294 e. The number of fused-ring (bicyclic) bond motifs is 1. The number of hydrogen-bond acceptors (Lipinski definition) is 3. The summed E-state index contributed by atoms with van der Waals surface area (Å²) in [4.78, 5) is 1.96. The molecular weight excluding hydrogens is 372 g/mol. The van der Waals surface area contributed by atoms with E-state index in [0.717, 1.165) is 22.5 Å². The summed E-state index contributed by atoms with van der Waals surface area (Å²) in [5.74, 6) is 0. The molecule has 1 atom stereocenters. The van der Waals surface area contributed by atoms with Gasteiger partial charge in [-0.3, -0.25) is 9.87 Å². The molecule has 28 heavy (non-hydrogen) atoms. The number of nitrogens with zero attached hydrogens (tertiary/aromatic N) is 2. The van der Waals surface area contributed by atoms with Crippen LogP contribution in [0.25, 0.3) is 6.08 Å². The molecule has 2 aromatic carbocycles. The SMILES string of the molecule is CN(C)c1ccc(C=CC=CC2[N]c3ccc(S(=O)(=O)O)cc3C2(C)C)cc1. The predicted octanol–water partition coefficient (Wildman–Crippen LogP) is 4.16. The van der Waals surface area contributed by atoms with Gasteiger partial charge < -0.3 is 4.90 Å². The highest BCUT2D eigenvalue weighted by Crippen LogP contribution is 2.42. The fraction of sp³-hybridized carbons (Fsp3) is 0.273. The molecule has 1 aliphatic rings. The number of anilines is 1. The Bertz CT molecular complexity index is 1020. The summed E-state index contributed by atoms with van der Waals surface area (Å²) < 4.78 is 32.2. The van der Waals surface area contributed by atoms with E-state index in [0.29, 0.717) is 0 Å². The Morgan fingerprint density at radius 1 is 1.07 bits per heavy atom. The molecule has 1 radical (unpaired) electrons. The molecule has 0 saturated heterocycles. The Morgan fingerprint density at radius 3 is 2.36 bits per heavy atom. The normalized spacial score (nSPS) is 18.4. The van der Waals surface area contributed by atoms with Crippen LogP contribution in [0.3, 0.4) is 0 Å². The zero-order chi connectivity index (χ0) is 20.5. The van der Waals surface area contributed by atoms with Crippen molar-refractivity contribution < 1.29 is 13.0 Å². The van der Waals surface area contributed by atoms with Crippen LogP contribution < -0.4 is 10.2 Å². The van der Waals surface area contributed by atoms with E-state index < -0.39 is 10.1 Å². The molecule has 0 aliphatic carbocycles. The van der Waals surface area contributed by atoms with Gasteiger partial charge in [-0.05, 0) is 41.5 Å². The standard InChI is InChI=1S/C22H25N2O3S/c1-22(2)19-15-18(28(25,26)27)13-14-20(19)23-21(22)8-6-5-7-16-9-11-17(12-10-16)24(3)4/h5-15,21H,1-4H3,(H,25,26,27). The van der Waals surface area contributed by atoms with Gasteiger partial charge in [0, 0.05) is 25.2 Å². The van der Waals surface area contributed by atoms with E-state index >= 15 is 0 Å². The molecule has 2 aromatic rings. The number of benzene rings is 2. The zero-order valence-electron chi connectivity index (χ0n) is 16.5. The van der Waals surface area contributed by atoms with Crippen LogP contribution in [0, 0.1) is 0 Å². The van der Waals surface area contributed by atoms with E-state index in [2.05, 4.69) is 29.2 Å². The number of hydrogen-bond donors (Lipinski definition) is 1. The van der Waals surface area contributed by atoms with Crippen LogP contribution in [-0.4, -0.2) is 33.1 Å². The van der Waals surface area contributed by atoms with Gasteiger partial charge in [-0.1, -0.05) is 50.3 Å². The molecule has 5 nitrogen and oxygen atoms in total. The van der Waals surface area contributed by atoms with Crippen LogP contribution in [0.5, 0.6) is 0 Å². The first-order chi connectivity index (χ1) is 13.1. The predicted molar refractivity (Wildman–Crippen MR) is 114 cm³/mol. The highest BCUT2D eigenvalue weighted by atomic mass is 32.2. The highest BCUT2D eigenvalue weighted by Gasteiger charge is 2.39. The Labute approximate surface area is 167 Å². The monoisotopic (exact) mass is 397 g/mol. The van der Waals surface area contributed by atoms with Crippen molar-refractivity contribution in [2.75, 3.05) is 19.0 Å². The Hall–Kier alpha value is -2.57. The zero-order valence-corrected chi connectivity index (χ0v) is 17.3. The van der Waals surface area contributed by atoms with Gasteiger partial charge in [0.05, 0.1) is 16.6 Å². The van der Waals surface area contributed by atoms with Crippen LogP contribution in [0.4, 0.5) is 11.4 Å². The molecule has 1 aliphatic heterocycles. The van der Waals surface area contributed by atoms with E-state index in [1.807, 2.05) is 52.2 Å². The van der Waals surface area contributed by atoms with Crippen molar-refractivity contribution in [2.45, 2.75) is 30.2 Å². The lowest BCUT2D eigenvalue weighted by atomic mass is 9.80. The van der Waals surface area contributed by atoms with E-state index in [4.69, 9.17) is 5.32 Å².